The van der Waals surface area contributed by atoms with Crippen molar-refractivity contribution in [2.24, 2.45) is 4.66 Å². The summed E-state index contributed by atoms with van der Waals surface area (Å²) >= 11 is 0. The van der Waals surface area contributed by atoms with Crippen molar-refractivity contribution in [3.63, 3.8) is 0 Å². The average Bonchev–Trinajstić information content (AvgIpc) is 1.55. The van der Waals surface area contributed by atoms with E-state index in [1.807, 2.05) is 13.1 Å². The lowest BCUT2D eigenvalue weighted by Crippen LogP contribution is -2.53. The molecule has 0 radical (unpaired) electrons. The lowest BCUT2D eigenvalue weighted by Gasteiger charge is -2.29. The van der Waals surface area contributed by atoms with Gasteiger partial charge in [0.05, 0.1) is 0 Å². The maximum atomic E-state index is 4.44. The molecule has 0 spiro atoms. The van der Waals surface area contributed by atoms with Crippen LogP contribution >= 0.6 is 0 Å². The van der Waals surface area contributed by atoms with E-state index in [0.717, 1.165) is 0 Å². The molecule has 66 valence electrons. The highest BCUT2D eigenvalue weighted by Crippen LogP contribution is 2.07. The Bertz CT molecular complexity index is 145. The first kappa shape index (κ1) is 10.8. The van der Waals surface area contributed by atoms with Crippen LogP contribution in [0.25, 0.3) is 0 Å². The van der Waals surface area contributed by atoms with Crippen LogP contribution < -0.4 is 4.98 Å². The summed E-state index contributed by atoms with van der Waals surface area (Å²) in [5.41, 5.74) is 0.183. The molecular weight excluding hydrogens is 152 g/mol. The standard InChI is InChI=1S/C8H20N2Si/c1-7-9-11(5,6)10-8(2,3)4/h7,10H,1-6H3/b9-7+. The molecule has 0 heterocycles. The fraction of sp³-hybridized carbons (Fsp3) is 0.875. The Balaban J connectivity index is 4.13. The molecule has 0 aliphatic carbocycles. The van der Waals surface area contributed by atoms with E-state index in [0.29, 0.717) is 0 Å². The van der Waals surface area contributed by atoms with Crippen LogP contribution in [0, 0.1) is 0 Å². The van der Waals surface area contributed by atoms with Crippen LogP contribution in [-0.2, 0) is 0 Å². The van der Waals surface area contributed by atoms with Crippen molar-refractivity contribution in [2.75, 3.05) is 0 Å². The highest BCUT2D eigenvalue weighted by Gasteiger charge is 2.25. The van der Waals surface area contributed by atoms with Crippen molar-refractivity contribution in [2.45, 2.75) is 46.3 Å². The molecule has 0 aromatic heterocycles. The van der Waals surface area contributed by atoms with Gasteiger partial charge in [0.25, 0.3) is 0 Å². The summed E-state index contributed by atoms with van der Waals surface area (Å²) in [6, 6.07) is 0. The molecule has 0 saturated carbocycles. The molecule has 0 fully saturated rings. The van der Waals surface area contributed by atoms with Gasteiger partial charge in [0.15, 0.2) is 0 Å². The first-order valence-corrected chi connectivity index (χ1v) is 7.01. The maximum absolute atomic E-state index is 4.44. The molecule has 0 saturated heterocycles. The zero-order chi connectivity index (χ0) is 9.12. The van der Waals surface area contributed by atoms with Crippen molar-refractivity contribution in [1.82, 2.24) is 4.98 Å². The topological polar surface area (TPSA) is 24.4 Å². The molecule has 2 nitrogen and oxygen atoms in total. The monoisotopic (exact) mass is 172 g/mol. The van der Waals surface area contributed by atoms with Gasteiger partial charge in [-0.15, -0.1) is 0 Å². The van der Waals surface area contributed by atoms with Gasteiger partial charge in [-0.25, -0.2) is 0 Å². The Kier molecular flexibility index (Phi) is 3.45. The van der Waals surface area contributed by atoms with E-state index in [4.69, 9.17) is 0 Å². The molecule has 0 rings (SSSR count). The molecule has 1 N–H and O–H groups in total. The minimum atomic E-state index is -1.52. The van der Waals surface area contributed by atoms with Crippen LogP contribution in [0.2, 0.25) is 13.1 Å². The average molecular weight is 172 g/mol. The predicted molar refractivity (Wildman–Crippen MR) is 54.5 cm³/mol. The minimum absolute atomic E-state index is 0.183. The van der Waals surface area contributed by atoms with E-state index in [1.165, 1.54) is 0 Å². The van der Waals surface area contributed by atoms with Crippen LogP contribution in [0.5, 0.6) is 0 Å². The first-order valence-electron chi connectivity index (χ1n) is 4.06. The lowest BCUT2D eigenvalue weighted by molar-refractivity contribution is 0.512. The Morgan fingerprint density at radius 2 is 1.73 bits per heavy atom. The van der Waals surface area contributed by atoms with Gasteiger partial charge < -0.3 is 9.64 Å². The Labute approximate surface area is 71.3 Å². The van der Waals surface area contributed by atoms with Crippen LogP contribution in [-0.4, -0.2) is 20.2 Å². The second kappa shape index (κ2) is 3.50. The van der Waals surface area contributed by atoms with E-state index >= 15 is 0 Å². The van der Waals surface area contributed by atoms with Crippen LogP contribution in [0.15, 0.2) is 4.66 Å². The van der Waals surface area contributed by atoms with Gasteiger partial charge in [0, 0.05) is 5.54 Å². The summed E-state index contributed by atoms with van der Waals surface area (Å²) in [6.45, 7) is 12.9. The summed E-state index contributed by atoms with van der Waals surface area (Å²) < 4.78 is 4.44. The number of nitrogens with zero attached hydrogens (tertiary/aromatic N) is 1. The third-order valence-electron chi connectivity index (χ3n) is 1.13. The molecular formula is C8H20N2Si. The molecule has 0 amide bonds. The van der Waals surface area contributed by atoms with Gasteiger partial charge in [-0.1, -0.05) is 0 Å². The number of hydrogen-bond donors (Lipinski definition) is 1. The minimum Gasteiger partial charge on any atom is -0.316 e. The van der Waals surface area contributed by atoms with Gasteiger partial charge in [-0.2, -0.15) is 0 Å². The Morgan fingerprint density at radius 3 is 2.00 bits per heavy atom. The summed E-state index contributed by atoms with van der Waals surface area (Å²) in [4.78, 5) is 3.54. The van der Waals surface area contributed by atoms with Crippen LogP contribution in [0.1, 0.15) is 27.7 Å². The summed E-state index contributed by atoms with van der Waals surface area (Å²) in [5, 5.41) is 0. The van der Waals surface area contributed by atoms with E-state index in [2.05, 4.69) is 43.5 Å². The largest absolute Gasteiger partial charge is 0.316 e. The highest BCUT2D eigenvalue weighted by molar-refractivity contribution is 6.74. The number of hydrogen-bond acceptors (Lipinski definition) is 2. The smallest absolute Gasteiger partial charge is 0.246 e. The van der Waals surface area contributed by atoms with Gasteiger partial charge in [-0.05, 0) is 47.0 Å². The highest BCUT2D eigenvalue weighted by atomic mass is 28.3. The van der Waals surface area contributed by atoms with Gasteiger partial charge in [0.2, 0.25) is 8.40 Å². The zero-order valence-corrected chi connectivity index (χ0v) is 9.52. The molecule has 11 heavy (non-hydrogen) atoms. The maximum Gasteiger partial charge on any atom is 0.246 e. The summed E-state index contributed by atoms with van der Waals surface area (Å²) in [6.07, 6.45) is 1.89. The molecule has 0 unspecified atom stereocenters. The van der Waals surface area contributed by atoms with E-state index in [-0.39, 0.29) is 5.54 Å². The number of nitrogens with one attached hydrogen (secondary N) is 1. The second-order valence-corrected chi connectivity index (χ2v) is 7.95. The first-order chi connectivity index (χ1) is 4.77. The van der Waals surface area contributed by atoms with Crippen molar-refractivity contribution in [3.8, 4) is 0 Å². The van der Waals surface area contributed by atoms with Crippen molar-refractivity contribution in [3.05, 3.63) is 0 Å². The quantitative estimate of drug-likeness (QED) is 0.501. The molecule has 0 atom stereocenters. The van der Waals surface area contributed by atoms with E-state index in [1.54, 1.807) is 0 Å². The van der Waals surface area contributed by atoms with Crippen molar-refractivity contribution >= 4 is 14.6 Å². The fourth-order valence-corrected chi connectivity index (χ4v) is 3.82. The molecule has 0 bridgehead atoms. The fourth-order valence-electron chi connectivity index (χ4n) is 1.27. The zero-order valence-electron chi connectivity index (χ0n) is 8.52. The normalized spacial score (nSPS) is 14.4. The molecule has 0 aromatic rings. The predicted octanol–water partition coefficient (Wildman–Crippen LogP) is 2.17. The Hall–Kier alpha value is -0.153. The second-order valence-electron chi connectivity index (χ2n) is 4.32. The molecule has 0 aliphatic heterocycles. The van der Waals surface area contributed by atoms with Crippen LogP contribution in [0.4, 0.5) is 0 Å². The molecule has 0 aromatic carbocycles. The van der Waals surface area contributed by atoms with E-state index < -0.39 is 8.40 Å². The SMILES string of the molecule is C/C=N/[Si](C)(C)NC(C)(C)C. The van der Waals surface area contributed by atoms with Gasteiger partial charge in [0.1, 0.15) is 0 Å². The van der Waals surface area contributed by atoms with Crippen molar-refractivity contribution in [1.29, 1.82) is 0 Å². The Morgan fingerprint density at radius 1 is 1.27 bits per heavy atom. The van der Waals surface area contributed by atoms with Gasteiger partial charge >= 0.3 is 0 Å². The lowest BCUT2D eigenvalue weighted by atomic mass is 10.1. The third-order valence-corrected chi connectivity index (χ3v) is 3.40. The van der Waals surface area contributed by atoms with Gasteiger partial charge in [-0.3, -0.25) is 0 Å². The third kappa shape index (κ3) is 6.25. The molecule has 0 aliphatic rings. The number of rotatable bonds is 2. The molecule has 3 heteroatoms. The van der Waals surface area contributed by atoms with Crippen molar-refractivity contribution < 1.29 is 0 Å². The summed E-state index contributed by atoms with van der Waals surface area (Å²) in [5.74, 6) is 0. The van der Waals surface area contributed by atoms with E-state index in [9.17, 15) is 0 Å². The van der Waals surface area contributed by atoms with Crippen LogP contribution in [0.3, 0.4) is 0 Å². The summed E-state index contributed by atoms with van der Waals surface area (Å²) in [7, 11) is -1.52.